The minimum absolute atomic E-state index is 0.0229. The molecule has 108 valence electrons. The van der Waals surface area contributed by atoms with Crippen LogP contribution in [0.4, 0.5) is 0 Å². The summed E-state index contributed by atoms with van der Waals surface area (Å²) in [6.45, 7) is 3.90. The first-order valence-corrected chi connectivity index (χ1v) is 7.44. The average molecular weight is 275 g/mol. The fourth-order valence-corrected chi connectivity index (χ4v) is 2.76. The standard InChI is InChI=1S/C16H21NO3/c1-10(2)20-13-7-6-12(11-4-3-5-11)17-14(13)16(8-9-16)15(18)19/h6-7,10-11H,3-5,8-9H2,1-2H3,(H,18,19). The molecule has 20 heavy (non-hydrogen) atoms. The Kier molecular flexibility index (Phi) is 3.19. The van der Waals surface area contributed by atoms with Gasteiger partial charge in [-0.25, -0.2) is 0 Å². The molecule has 3 rings (SSSR count). The summed E-state index contributed by atoms with van der Waals surface area (Å²) >= 11 is 0. The molecule has 2 aliphatic rings. The summed E-state index contributed by atoms with van der Waals surface area (Å²) in [7, 11) is 0. The summed E-state index contributed by atoms with van der Waals surface area (Å²) in [4.78, 5) is 16.3. The lowest BCUT2D eigenvalue weighted by Gasteiger charge is -2.26. The molecule has 2 aliphatic carbocycles. The molecule has 1 heterocycles. The molecule has 4 nitrogen and oxygen atoms in total. The average Bonchev–Trinajstić information content (AvgIpc) is 3.09. The smallest absolute Gasteiger partial charge is 0.315 e. The number of ether oxygens (including phenoxy) is 1. The molecule has 4 heteroatoms. The van der Waals surface area contributed by atoms with Crippen LogP contribution in [0.1, 0.15) is 63.3 Å². The molecular formula is C16H21NO3. The van der Waals surface area contributed by atoms with Crippen LogP contribution in [-0.2, 0) is 10.2 Å². The van der Waals surface area contributed by atoms with Crippen molar-refractivity contribution in [3.8, 4) is 5.75 Å². The minimum Gasteiger partial charge on any atom is -0.489 e. The monoisotopic (exact) mass is 275 g/mol. The van der Waals surface area contributed by atoms with Crippen molar-refractivity contribution < 1.29 is 14.6 Å². The van der Waals surface area contributed by atoms with Crippen LogP contribution in [0.3, 0.4) is 0 Å². The van der Waals surface area contributed by atoms with Gasteiger partial charge in [0.15, 0.2) is 0 Å². The van der Waals surface area contributed by atoms with Crippen LogP contribution in [0.5, 0.6) is 5.75 Å². The number of nitrogens with zero attached hydrogens (tertiary/aromatic N) is 1. The number of pyridine rings is 1. The van der Waals surface area contributed by atoms with Gasteiger partial charge in [0.1, 0.15) is 11.2 Å². The van der Waals surface area contributed by atoms with Crippen molar-refractivity contribution in [3.05, 3.63) is 23.5 Å². The minimum atomic E-state index is -0.802. The van der Waals surface area contributed by atoms with E-state index in [-0.39, 0.29) is 6.10 Å². The van der Waals surface area contributed by atoms with Crippen molar-refractivity contribution in [3.63, 3.8) is 0 Å². The third-order valence-electron chi connectivity index (χ3n) is 4.38. The number of aliphatic carboxylic acids is 1. The molecule has 2 saturated carbocycles. The number of hydrogen-bond donors (Lipinski definition) is 1. The van der Waals surface area contributed by atoms with E-state index in [1.165, 1.54) is 6.42 Å². The first-order valence-electron chi connectivity index (χ1n) is 7.44. The predicted octanol–water partition coefficient (Wildman–Crippen LogP) is 3.25. The van der Waals surface area contributed by atoms with Crippen molar-refractivity contribution in [2.45, 2.75) is 63.4 Å². The molecular weight excluding hydrogens is 254 g/mol. The number of carboxylic acid groups (broad SMARTS) is 1. The van der Waals surface area contributed by atoms with Gasteiger partial charge in [0, 0.05) is 11.6 Å². The van der Waals surface area contributed by atoms with E-state index in [4.69, 9.17) is 9.72 Å². The number of hydrogen-bond acceptors (Lipinski definition) is 3. The lowest BCUT2D eigenvalue weighted by Crippen LogP contribution is -2.24. The molecule has 0 radical (unpaired) electrons. The molecule has 0 spiro atoms. The fourth-order valence-electron chi connectivity index (χ4n) is 2.76. The van der Waals surface area contributed by atoms with Crippen LogP contribution >= 0.6 is 0 Å². The van der Waals surface area contributed by atoms with Gasteiger partial charge in [-0.3, -0.25) is 9.78 Å². The lowest BCUT2D eigenvalue weighted by molar-refractivity contribution is -0.140. The first-order chi connectivity index (χ1) is 9.53. The van der Waals surface area contributed by atoms with E-state index >= 15 is 0 Å². The van der Waals surface area contributed by atoms with Crippen LogP contribution in [0.15, 0.2) is 12.1 Å². The molecule has 0 aromatic carbocycles. The Labute approximate surface area is 119 Å². The Morgan fingerprint density at radius 1 is 1.40 bits per heavy atom. The van der Waals surface area contributed by atoms with Crippen LogP contribution < -0.4 is 4.74 Å². The maximum Gasteiger partial charge on any atom is 0.315 e. The molecule has 1 N–H and O–H groups in total. The van der Waals surface area contributed by atoms with Crippen molar-refractivity contribution in [2.75, 3.05) is 0 Å². The summed E-state index contributed by atoms with van der Waals surface area (Å²) < 4.78 is 5.78. The van der Waals surface area contributed by atoms with Crippen LogP contribution in [0.2, 0.25) is 0 Å². The third-order valence-corrected chi connectivity index (χ3v) is 4.38. The maximum atomic E-state index is 11.6. The molecule has 0 aliphatic heterocycles. The summed E-state index contributed by atoms with van der Waals surface area (Å²) in [5, 5.41) is 9.52. The molecule has 0 amide bonds. The van der Waals surface area contributed by atoms with Gasteiger partial charge in [-0.2, -0.15) is 0 Å². The zero-order chi connectivity index (χ0) is 14.3. The predicted molar refractivity (Wildman–Crippen MR) is 75.1 cm³/mol. The Morgan fingerprint density at radius 2 is 2.10 bits per heavy atom. The number of carbonyl (C=O) groups is 1. The second kappa shape index (κ2) is 4.76. The second-order valence-electron chi connectivity index (χ2n) is 6.26. The van der Waals surface area contributed by atoms with Gasteiger partial charge in [-0.05, 0) is 51.7 Å². The highest BCUT2D eigenvalue weighted by Gasteiger charge is 2.55. The molecule has 0 saturated heterocycles. The zero-order valence-corrected chi connectivity index (χ0v) is 12.1. The van der Waals surface area contributed by atoms with Crippen LogP contribution in [-0.4, -0.2) is 22.2 Å². The highest BCUT2D eigenvalue weighted by Crippen LogP contribution is 2.51. The van der Waals surface area contributed by atoms with E-state index in [9.17, 15) is 9.90 Å². The van der Waals surface area contributed by atoms with Gasteiger partial charge in [0.2, 0.25) is 0 Å². The molecule has 1 aromatic rings. The maximum absolute atomic E-state index is 11.6. The SMILES string of the molecule is CC(C)Oc1ccc(C2CCC2)nc1C1(C(=O)O)CC1. The lowest BCUT2D eigenvalue weighted by atomic mass is 9.82. The van der Waals surface area contributed by atoms with Gasteiger partial charge in [0.05, 0.1) is 11.8 Å². The van der Waals surface area contributed by atoms with Gasteiger partial charge in [0.25, 0.3) is 0 Å². The zero-order valence-electron chi connectivity index (χ0n) is 12.1. The Bertz CT molecular complexity index is 531. The molecule has 2 fully saturated rings. The number of rotatable bonds is 5. The van der Waals surface area contributed by atoms with Crippen LogP contribution in [0, 0.1) is 0 Å². The van der Waals surface area contributed by atoms with Gasteiger partial charge >= 0.3 is 5.97 Å². The van der Waals surface area contributed by atoms with E-state index in [1.54, 1.807) is 0 Å². The summed E-state index contributed by atoms with van der Waals surface area (Å²) in [5.41, 5.74) is 0.877. The van der Waals surface area contributed by atoms with Crippen molar-refractivity contribution >= 4 is 5.97 Å². The molecule has 1 aromatic heterocycles. The van der Waals surface area contributed by atoms with E-state index in [2.05, 4.69) is 0 Å². The third kappa shape index (κ3) is 2.17. The first kappa shape index (κ1) is 13.4. The largest absolute Gasteiger partial charge is 0.489 e. The van der Waals surface area contributed by atoms with Crippen molar-refractivity contribution in [1.29, 1.82) is 0 Å². The van der Waals surface area contributed by atoms with Crippen molar-refractivity contribution in [1.82, 2.24) is 4.98 Å². The Balaban J connectivity index is 2.00. The van der Waals surface area contributed by atoms with Gasteiger partial charge in [-0.1, -0.05) is 6.42 Å². The normalized spacial score (nSPS) is 20.6. The summed E-state index contributed by atoms with van der Waals surface area (Å²) in [5.74, 6) is 0.374. The molecule has 0 unspecified atom stereocenters. The van der Waals surface area contributed by atoms with Gasteiger partial charge in [-0.15, -0.1) is 0 Å². The highest BCUT2D eigenvalue weighted by molar-refractivity contribution is 5.85. The van der Waals surface area contributed by atoms with E-state index < -0.39 is 11.4 Å². The molecule has 0 bridgehead atoms. The Hall–Kier alpha value is -1.58. The number of aromatic nitrogens is 1. The van der Waals surface area contributed by atoms with E-state index in [0.29, 0.717) is 30.2 Å². The quantitative estimate of drug-likeness (QED) is 0.896. The number of carboxylic acids is 1. The van der Waals surface area contributed by atoms with Crippen molar-refractivity contribution in [2.24, 2.45) is 0 Å². The second-order valence-corrected chi connectivity index (χ2v) is 6.26. The fraction of sp³-hybridized carbons (Fsp3) is 0.625. The molecule has 0 atom stereocenters. The van der Waals surface area contributed by atoms with E-state index in [0.717, 1.165) is 18.5 Å². The van der Waals surface area contributed by atoms with Crippen LogP contribution in [0.25, 0.3) is 0 Å². The summed E-state index contributed by atoms with van der Waals surface area (Å²) in [6.07, 6.45) is 4.93. The topological polar surface area (TPSA) is 59.4 Å². The van der Waals surface area contributed by atoms with Gasteiger partial charge < -0.3 is 9.84 Å². The Morgan fingerprint density at radius 3 is 2.55 bits per heavy atom. The highest BCUT2D eigenvalue weighted by atomic mass is 16.5. The summed E-state index contributed by atoms with van der Waals surface area (Å²) in [6, 6.07) is 3.92. The van der Waals surface area contributed by atoms with E-state index in [1.807, 2.05) is 26.0 Å².